The van der Waals surface area contributed by atoms with Gasteiger partial charge in [-0.05, 0) is 99.8 Å². The van der Waals surface area contributed by atoms with Crippen LogP contribution in [0.3, 0.4) is 0 Å². The maximum atomic E-state index is 15.0. The maximum absolute atomic E-state index is 15.0. The molecule has 0 radical (unpaired) electrons. The number of aromatic amines is 1. The standard InChI is InChI=1S/C65H103N23O13/c1-5-35(3)50(59(98)82-43(23-14-28-76-63(68)69)53(92)80-42(22-13-27-75-62(66)67)54(93)86-48(61(100)101)33-49(89)90)88-56(95)45(25-16-30-78-65(72)73)83-60(99)51(36(4)6-2)87-55(94)44(24-15-29-77-64(70)71)81-58(97)47(32-38-34-79-40-20-11-10-19-39(38)40)85-57(96)46(31-37-17-8-7-9-18-37)84-52(91)41-21-12-26-74-41/h7-11,17-20,34-36,41-48,50-51,74,79H,5-6,12-16,21-33H2,1-4H3,(H,80,92)(H,81,97)(H,82,98)(H,83,99)(H,84,91)(H,85,96)(H,86,93)(H,87,94)(H,88,95)(H,89,90)(H,100,101)(H4,66,67,75)(H4,68,69,76)(H4,70,71,77)(H4,72,73,78)/t35-,36-,41-,42-,43-,44-,45-,46-,47-,48-,50-,51-/m0/s1. The number of amides is 9. The number of fused-ring (bicyclic) bond motifs is 1. The van der Waals surface area contributed by atoms with E-state index < -0.39 is 144 Å². The van der Waals surface area contributed by atoms with Crippen molar-refractivity contribution < 1.29 is 63.0 Å². The molecule has 36 nitrogen and oxygen atoms in total. The summed E-state index contributed by atoms with van der Waals surface area (Å²) in [6.07, 6.45) is 2.17. The van der Waals surface area contributed by atoms with Gasteiger partial charge in [-0.25, -0.2) is 4.79 Å². The number of benzene rings is 2. The Morgan fingerprint density at radius 2 is 0.851 bits per heavy atom. The summed E-state index contributed by atoms with van der Waals surface area (Å²) in [6.45, 7) is 7.32. The highest BCUT2D eigenvalue weighted by Crippen LogP contribution is 2.21. The van der Waals surface area contributed by atoms with E-state index in [1.807, 2.05) is 30.3 Å². The van der Waals surface area contributed by atoms with E-state index in [9.17, 15) is 58.2 Å². The number of guanidine groups is 4. The minimum atomic E-state index is -1.91. The molecule has 1 saturated heterocycles. The highest BCUT2D eigenvalue weighted by atomic mass is 16.4. The number of carboxylic acids is 2. The molecule has 0 aliphatic carbocycles. The van der Waals surface area contributed by atoms with Gasteiger partial charge in [0, 0.05) is 56.1 Å². The van der Waals surface area contributed by atoms with Crippen LogP contribution in [-0.2, 0) is 65.6 Å². The molecule has 556 valence electrons. The predicted molar refractivity (Wildman–Crippen MR) is 379 cm³/mol. The number of aliphatic carboxylic acids is 2. The summed E-state index contributed by atoms with van der Waals surface area (Å²) in [5.74, 6) is -13.1. The van der Waals surface area contributed by atoms with E-state index in [1.165, 1.54) is 0 Å². The summed E-state index contributed by atoms with van der Waals surface area (Å²) in [5.41, 5.74) is 46.7. The number of nitrogens with one attached hydrogen (secondary N) is 11. The lowest BCUT2D eigenvalue weighted by molar-refractivity contribution is -0.147. The van der Waals surface area contributed by atoms with Gasteiger partial charge in [-0.2, -0.15) is 0 Å². The largest absolute Gasteiger partial charge is 0.481 e. The Kier molecular flexibility index (Phi) is 35.1. The van der Waals surface area contributed by atoms with Crippen LogP contribution in [0.15, 0.2) is 80.8 Å². The van der Waals surface area contributed by atoms with Crippen LogP contribution in [0.25, 0.3) is 10.9 Å². The molecule has 0 bridgehead atoms. The van der Waals surface area contributed by atoms with Crippen LogP contribution in [0.5, 0.6) is 0 Å². The Morgan fingerprint density at radius 3 is 1.25 bits per heavy atom. The van der Waals surface area contributed by atoms with Crippen molar-refractivity contribution in [1.82, 2.24) is 58.2 Å². The zero-order valence-corrected chi connectivity index (χ0v) is 57.6. The fourth-order valence-electron chi connectivity index (χ4n) is 11.0. The van der Waals surface area contributed by atoms with Crippen molar-refractivity contribution in [1.29, 1.82) is 0 Å². The second-order valence-electron chi connectivity index (χ2n) is 24.8. The molecule has 2 aromatic carbocycles. The highest BCUT2D eigenvalue weighted by Gasteiger charge is 2.38. The number of carbonyl (C=O) groups is 11. The van der Waals surface area contributed by atoms with E-state index in [4.69, 9.17) is 45.9 Å². The molecule has 12 atom stereocenters. The van der Waals surface area contributed by atoms with E-state index in [0.29, 0.717) is 18.5 Å². The van der Waals surface area contributed by atoms with Gasteiger partial charge in [0.15, 0.2) is 23.8 Å². The summed E-state index contributed by atoms with van der Waals surface area (Å²) < 4.78 is 0. The van der Waals surface area contributed by atoms with E-state index in [-0.39, 0.29) is 127 Å². The van der Waals surface area contributed by atoms with Crippen molar-refractivity contribution in [2.75, 3.05) is 32.7 Å². The van der Waals surface area contributed by atoms with E-state index in [1.54, 1.807) is 58.2 Å². The topological polar surface area (TPSA) is 622 Å². The van der Waals surface area contributed by atoms with Crippen molar-refractivity contribution >= 4 is 99.8 Å². The molecule has 1 fully saturated rings. The molecule has 2 heterocycles. The summed E-state index contributed by atoms with van der Waals surface area (Å²) in [4.78, 5) is 173. The third-order valence-corrected chi connectivity index (χ3v) is 16.9. The average molecular weight is 1410 g/mol. The summed E-state index contributed by atoms with van der Waals surface area (Å²) >= 11 is 0. The van der Waals surface area contributed by atoms with Crippen LogP contribution >= 0.6 is 0 Å². The number of nitrogens with zero attached hydrogens (tertiary/aromatic N) is 4. The number of carboxylic acid groups (broad SMARTS) is 2. The van der Waals surface area contributed by atoms with Crippen LogP contribution < -0.4 is 99.0 Å². The summed E-state index contributed by atoms with van der Waals surface area (Å²) in [6, 6.07) is 2.57. The van der Waals surface area contributed by atoms with Crippen molar-refractivity contribution in [2.45, 2.75) is 184 Å². The first-order valence-electron chi connectivity index (χ1n) is 33.7. The molecule has 0 spiro atoms. The fraction of sp³-hybridized carbons (Fsp3) is 0.554. The molecule has 36 heteroatoms. The number of carbonyl (C=O) groups excluding carboxylic acids is 9. The molecule has 101 heavy (non-hydrogen) atoms. The first-order chi connectivity index (χ1) is 48.0. The lowest BCUT2D eigenvalue weighted by atomic mass is 9.95. The normalized spacial score (nSPS) is 15.7. The Morgan fingerprint density at radius 1 is 0.475 bits per heavy atom. The Balaban J connectivity index is 1.70. The van der Waals surface area contributed by atoms with Gasteiger partial charge in [0.2, 0.25) is 53.2 Å². The van der Waals surface area contributed by atoms with E-state index >= 15 is 4.79 Å². The van der Waals surface area contributed by atoms with Crippen molar-refractivity contribution in [3.63, 3.8) is 0 Å². The van der Waals surface area contributed by atoms with Crippen LogP contribution in [0.1, 0.15) is 122 Å². The third-order valence-electron chi connectivity index (χ3n) is 16.9. The van der Waals surface area contributed by atoms with Gasteiger partial charge in [0.25, 0.3) is 0 Å². The first kappa shape index (κ1) is 82.6. The van der Waals surface area contributed by atoms with E-state index in [2.05, 4.69) is 78.1 Å². The summed E-state index contributed by atoms with van der Waals surface area (Å²) in [5, 5.41) is 47.1. The second kappa shape index (κ2) is 42.9. The molecule has 29 N–H and O–H groups in total. The molecular formula is C65H103N23O13. The lowest BCUT2D eigenvalue weighted by Gasteiger charge is -2.31. The van der Waals surface area contributed by atoms with Crippen LogP contribution in [0, 0.1) is 11.8 Å². The van der Waals surface area contributed by atoms with Gasteiger partial charge in [0.05, 0.1) is 12.5 Å². The zero-order valence-electron chi connectivity index (χ0n) is 57.6. The Labute approximate surface area is 585 Å². The van der Waals surface area contributed by atoms with Gasteiger partial charge in [-0.1, -0.05) is 89.1 Å². The van der Waals surface area contributed by atoms with Crippen molar-refractivity contribution in [3.05, 3.63) is 71.9 Å². The number of hydrogen-bond donors (Lipinski definition) is 21. The molecule has 1 aliphatic rings. The third kappa shape index (κ3) is 29.3. The number of nitrogens with two attached hydrogens (primary N) is 8. The smallest absolute Gasteiger partial charge is 0.326 e. The number of aromatic nitrogens is 1. The molecule has 1 aliphatic heterocycles. The van der Waals surface area contributed by atoms with Crippen molar-refractivity contribution in [2.24, 2.45) is 77.7 Å². The summed E-state index contributed by atoms with van der Waals surface area (Å²) in [7, 11) is 0. The van der Waals surface area contributed by atoms with Gasteiger partial charge in [0.1, 0.15) is 54.4 Å². The quantitative estimate of drug-likeness (QED) is 0.0145. The Hall–Kier alpha value is -10.8. The monoisotopic (exact) mass is 1410 g/mol. The molecule has 4 rings (SSSR count). The Bertz CT molecular complexity index is 3380. The van der Waals surface area contributed by atoms with Crippen LogP contribution in [0.2, 0.25) is 0 Å². The first-order valence-corrected chi connectivity index (χ1v) is 33.7. The van der Waals surface area contributed by atoms with Crippen LogP contribution in [-0.4, -0.2) is 197 Å². The minimum absolute atomic E-state index is 0.0130. The van der Waals surface area contributed by atoms with Crippen LogP contribution in [0.4, 0.5) is 0 Å². The van der Waals surface area contributed by atoms with E-state index in [0.717, 1.165) is 22.9 Å². The molecule has 0 saturated carbocycles. The second-order valence-corrected chi connectivity index (χ2v) is 24.8. The molecule has 3 aromatic rings. The SMILES string of the molecule is CC[C@H](C)[C@H](NC(=O)[C@H](CCCN=C(N)N)NC(=O)[C@@H](NC(=O)[C@H](CCCN=C(N)N)NC(=O)[C@H](Cc1c[nH]c2ccccc12)NC(=O)[C@H](Cc1ccccc1)NC(=O)[C@@H]1CCCN1)[C@@H](C)CC)C(=O)N[C@@H](CCCN=C(N)N)C(=O)N[C@@H](CCCN=C(N)N)C(=O)N[C@@H](CC(=O)O)C(=O)O. The van der Waals surface area contributed by atoms with Crippen molar-refractivity contribution in [3.8, 4) is 0 Å². The van der Waals surface area contributed by atoms with Gasteiger partial charge in [-0.3, -0.25) is 67.9 Å². The zero-order chi connectivity index (χ0) is 74.7. The fourth-order valence-corrected chi connectivity index (χ4v) is 11.0. The average Bonchev–Trinajstić information content (AvgIpc) is 1.74. The number of hydrogen-bond acceptors (Lipinski definition) is 16. The number of rotatable bonds is 45. The highest BCUT2D eigenvalue weighted by molar-refractivity contribution is 5.99. The van der Waals surface area contributed by atoms with Gasteiger partial charge < -0.3 is 114 Å². The predicted octanol–water partition coefficient (Wildman–Crippen LogP) is -4.07. The molecule has 9 amide bonds. The lowest BCUT2D eigenvalue weighted by Crippen LogP contribution is -2.62. The molecular weight excluding hydrogens is 1310 g/mol. The number of para-hydroxylation sites is 1. The van der Waals surface area contributed by atoms with Gasteiger partial charge in [-0.15, -0.1) is 0 Å². The number of H-pyrrole nitrogens is 1. The minimum Gasteiger partial charge on any atom is -0.481 e. The number of aliphatic imine (C=N–C) groups is 4. The molecule has 0 unspecified atom stereocenters. The maximum Gasteiger partial charge on any atom is 0.326 e. The van der Waals surface area contributed by atoms with Gasteiger partial charge >= 0.3 is 11.9 Å². The molecule has 1 aromatic heterocycles.